The van der Waals surface area contributed by atoms with Gasteiger partial charge in [0, 0.05) is 19.3 Å². The number of phosphoric acid groups is 1. The summed E-state index contributed by atoms with van der Waals surface area (Å²) < 4.78 is 39.6. The first-order valence-corrected chi connectivity index (χ1v) is 33.3. The zero-order valence-electron chi connectivity index (χ0n) is 50.1. The highest BCUT2D eigenvalue weighted by Crippen LogP contribution is 2.43. The van der Waals surface area contributed by atoms with Crippen LogP contribution in [0.1, 0.15) is 290 Å². The molecule has 0 fully saturated rings. The van der Waals surface area contributed by atoms with E-state index in [0.29, 0.717) is 19.3 Å². The van der Waals surface area contributed by atoms with E-state index in [1.54, 1.807) is 0 Å². The van der Waals surface area contributed by atoms with Gasteiger partial charge in [-0.2, -0.15) is 0 Å². The number of esters is 3. The Morgan fingerprint density at radius 2 is 0.667 bits per heavy atom. The molecule has 0 heterocycles. The predicted molar refractivity (Wildman–Crippen MR) is 325 cm³/mol. The minimum absolute atomic E-state index is 0.155. The molecule has 0 saturated carbocycles. The Labute approximate surface area is 478 Å². The molecular weight excluding hydrogens is 1000 g/mol. The molecule has 0 radical (unpaired) electrons. The summed E-state index contributed by atoms with van der Waals surface area (Å²) >= 11 is 0. The van der Waals surface area contributed by atoms with Crippen molar-refractivity contribution in [2.45, 2.75) is 303 Å². The van der Waals surface area contributed by atoms with Gasteiger partial charge in [-0.3, -0.25) is 23.4 Å². The number of aliphatic hydroxyl groups is 1. The molecule has 11 nitrogen and oxygen atoms in total. The third-order valence-corrected chi connectivity index (χ3v) is 14.6. The fourth-order valence-corrected chi connectivity index (χ4v) is 9.57. The van der Waals surface area contributed by atoms with Crippen LogP contribution in [0, 0.1) is 0 Å². The van der Waals surface area contributed by atoms with E-state index in [2.05, 4.69) is 93.7 Å². The molecule has 0 spiro atoms. The molecule has 0 bridgehead atoms. The number of aliphatic hydroxyl groups excluding tert-OH is 1. The quantitative estimate of drug-likeness (QED) is 0.0197. The van der Waals surface area contributed by atoms with Crippen LogP contribution in [-0.4, -0.2) is 66.5 Å². The van der Waals surface area contributed by atoms with Gasteiger partial charge in [-0.15, -0.1) is 0 Å². The highest BCUT2D eigenvalue weighted by Gasteiger charge is 2.28. The summed E-state index contributed by atoms with van der Waals surface area (Å²) in [6.07, 6.45) is 68.5. The first-order valence-electron chi connectivity index (χ1n) is 31.8. The molecule has 452 valence electrons. The van der Waals surface area contributed by atoms with Gasteiger partial charge in [-0.1, -0.05) is 254 Å². The normalized spacial score (nSPS) is 13.8. The van der Waals surface area contributed by atoms with E-state index in [0.717, 1.165) is 103 Å². The van der Waals surface area contributed by atoms with Crippen molar-refractivity contribution < 1.29 is 52.2 Å². The minimum Gasteiger partial charge on any atom is -0.462 e. The maximum atomic E-state index is 12.9. The number of carbonyl (C=O) groups excluding carboxylic acids is 3. The van der Waals surface area contributed by atoms with E-state index >= 15 is 0 Å². The van der Waals surface area contributed by atoms with E-state index in [-0.39, 0.29) is 25.9 Å². The first-order chi connectivity index (χ1) is 38.2. The summed E-state index contributed by atoms with van der Waals surface area (Å²) in [4.78, 5) is 48.7. The summed E-state index contributed by atoms with van der Waals surface area (Å²) in [6.45, 7) is 4.53. The summed E-state index contributed by atoms with van der Waals surface area (Å²) in [5, 5.41) is 9.84. The molecule has 0 aromatic heterocycles. The average molecular weight is 1120 g/mol. The Hall–Kier alpha value is -3.08. The molecule has 0 rings (SSSR count). The number of rotatable bonds is 59. The number of unbranched alkanes of at least 4 members (excludes halogenated alkanes) is 30. The fraction of sp³-hybridized carbons (Fsp3) is 0.773. The molecule has 3 atom stereocenters. The lowest BCUT2D eigenvalue weighted by Gasteiger charge is -2.21. The molecular formula is C66H117O11P. The maximum absolute atomic E-state index is 12.9. The standard InChI is InChI=1S/C66H117O11P/c1-4-7-10-13-16-19-22-25-28-30-31-33-35-37-40-43-46-49-52-55-64(68)73-59-63(77-66(70)57-54-51-48-45-42-39-36-32-29-26-23-20-17-14-11-8-5-2)61-75-78(71,72)74-60-62(58-67)76-65(69)56-53-50-47-44-41-38-34-27-24-21-18-15-12-9-6-3/h7,10,16,19,25-26,28-29,31,33,37,40,62-63,67H,4-6,8-9,11-15,17-18,20-24,27,30,32,34-36,38-39,41-61H2,1-3H3,(H,71,72)/b10-7-,19-16-,28-25-,29-26-,33-31-,40-37-. The molecule has 12 heteroatoms. The summed E-state index contributed by atoms with van der Waals surface area (Å²) in [5.41, 5.74) is 0. The number of ether oxygens (including phenoxy) is 3. The van der Waals surface area contributed by atoms with Crippen LogP contribution in [0.15, 0.2) is 72.9 Å². The van der Waals surface area contributed by atoms with Gasteiger partial charge >= 0.3 is 25.7 Å². The molecule has 2 N–H and O–H groups in total. The van der Waals surface area contributed by atoms with Gasteiger partial charge in [-0.25, -0.2) is 4.57 Å². The lowest BCUT2D eigenvalue weighted by Crippen LogP contribution is -2.30. The molecule has 0 amide bonds. The van der Waals surface area contributed by atoms with Crippen LogP contribution in [0.2, 0.25) is 0 Å². The second kappa shape index (κ2) is 60.0. The van der Waals surface area contributed by atoms with Gasteiger partial charge in [0.2, 0.25) is 0 Å². The summed E-state index contributed by atoms with van der Waals surface area (Å²) in [7, 11) is -4.76. The Balaban J connectivity index is 4.75. The van der Waals surface area contributed by atoms with Crippen LogP contribution in [0.3, 0.4) is 0 Å². The van der Waals surface area contributed by atoms with Crippen molar-refractivity contribution in [2.24, 2.45) is 0 Å². The Morgan fingerprint density at radius 1 is 0.372 bits per heavy atom. The van der Waals surface area contributed by atoms with E-state index in [4.69, 9.17) is 23.3 Å². The second-order valence-electron chi connectivity index (χ2n) is 21.2. The number of hydrogen-bond donors (Lipinski definition) is 2. The van der Waals surface area contributed by atoms with Gasteiger partial charge in [0.15, 0.2) is 6.10 Å². The van der Waals surface area contributed by atoms with Crippen molar-refractivity contribution in [2.75, 3.05) is 26.4 Å². The summed E-state index contributed by atoms with van der Waals surface area (Å²) in [5.74, 6) is -1.50. The summed E-state index contributed by atoms with van der Waals surface area (Å²) in [6, 6.07) is 0. The van der Waals surface area contributed by atoms with Gasteiger partial charge in [0.1, 0.15) is 12.7 Å². The van der Waals surface area contributed by atoms with Crippen LogP contribution in [0.5, 0.6) is 0 Å². The molecule has 0 aliphatic carbocycles. The molecule has 0 aromatic carbocycles. The van der Waals surface area contributed by atoms with Gasteiger partial charge in [-0.05, 0) is 89.9 Å². The maximum Gasteiger partial charge on any atom is 0.472 e. The topological polar surface area (TPSA) is 155 Å². The third-order valence-electron chi connectivity index (χ3n) is 13.6. The lowest BCUT2D eigenvalue weighted by molar-refractivity contribution is -0.161. The zero-order valence-corrected chi connectivity index (χ0v) is 51.0. The number of carbonyl (C=O) groups is 3. The monoisotopic (exact) mass is 1120 g/mol. The predicted octanol–water partition coefficient (Wildman–Crippen LogP) is 19.3. The second-order valence-corrected chi connectivity index (χ2v) is 22.7. The van der Waals surface area contributed by atoms with Crippen LogP contribution in [0.4, 0.5) is 0 Å². The van der Waals surface area contributed by atoms with E-state index in [9.17, 15) is 28.9 Å². The highest BCUT2D eigenvalue weighted by atomic mass is 31.2. The van der Waals surface area contributed by atoms with E-state index in [1.165, 1.54) is 128 Å². The molecule has 3 unspecified atom stereocenters. The highest BCUT2D eigenvalue weighted by molar-refractivity contribution is 7.47. The Bertz CT molecular complexity index is 1590. The Morgan fingerprint density at radius 3 is 1.05 bits per heavy atom. The van der Waals surface area contributed by atoms with Crippen LogP contribution in [-0.2, 0) is 42.2 Å². The van der Waals surface area contributed by atoms with Crippen molar-refractivity contribution in [1.29, 1.82) is 0 Å². The van der Waals surface area contributed by atoms with Crippen molar-refractivity contribution in [1.82, 2.24) is 0 Å². The molecule has 0 saturated heterocycles. The van der Waals surface area contributed by atoms with Gasteiger partial charge in [0.25, 0.3) is 0 Å². The van der Waals surface area contributed by atoms with Gasteiger partial charge in [0.05, 0.1) is 19.8 Å². The number of phosphoric ester groups is 1. The zero-order chi connectivity index (χ0) is 56.9. The van der Waals surface area contributed by atoms with Crippen molar-refractivity contribution in [3.8, 4) is 0 Å². The van der Waals surface area contributed by atoms with Crippen LogP contribution in [0.25, 0.3) is 0 Å². The van der Waals surface area contributed by atoms with Crippen molar-refractivity contribution in [3.63, 3.8) is 0 Å². The number of hydrogen-bond acceptors (Lipinski definition) is 10. The largest absolute Gasteiger partial charge is 0.472 e. The van der Waals surface area contributed by atoms with Crippen LogP contribution >= 0.6 is 7.82 Å². The number of allylic oxidation sites excluding steroid dienone is 12. The average Bonchev–Trinajstić information content (AvgIpc) is 3.43. The first kappa shape index (κ1) is 74.9. The van der Waals surface area contributed by atoms with Gasteiger partial charge < -0.3 is 24.2 Å². The molecule has 78 heavy (non-hydrogen) atoms. The molecule has 0 aliphatic rings. The molecule has 0 aromatic rings. The smallest absolute Gasteiger partial charge is 0.462 e. The van der Waals surface area contributed by atoms with Crippen molar-refractivity contribution >= 4 is 25.7 Å². The Kier molecular flexibility index (Phi) is 57.7. The van der Waals surface area contributed by atoms with E-state index in [1.807, 2.05) is 0 Å². The lowest BCUT2D eigenvalue weighted by atomic mass is 10.0. The molecule has 0 aliphatic heterocycles. The SMILES string of the molecule is CC/C=C\C/C=C\C/C=C\C/C=C\C/C=C\CCCCCC(=O)OCC(COP(=O)(O)OCC(CO)OC(=O)CCCCCCCCCCCCCCCCC)OC(=O)CCCCCCCCC/C=C\CCCCCCCC. The van der Waals surface area contributed by atoms with Crippen LogP contribution < -0.4 is 0 Å². The minimum atomic E-state index is -4.76. The third kappa shape index (κ3) is 57.6. The fourth-order valence-electron chi connectivity index (χ4n) is 8.79. The van der Waals surface area contributed by atoms with E-state index < -0.39 is 57.8 Å². The van der Waals surface area contributed by atoms with Crippen molar-refractivity contribution in [3.05, 3.63) is 72.9 Å².